The minimum Gasteiger partial charge on any atom is -0.491 e. The molecule has 190 valence electrons. The van der Waals surface area contributed by atoms with Crippen LogP contribution in [0, 0.1) is 11.7 Å². The minimum absolute atomic E-state index is 0.0396. The molecule has 1 aromatic heterocycles. The first-order valence-corrected chi connectivity index (χ1v) is 13.4. The predicted octanol–water partition coefficient (Wildman–Crippen LogP) is 5.51. The van der Waals surface area contributed by atoms with Gasteiger partial charge in [0.1, 0.15) is 18.2 Å². The number of carbonyl (C=O) groups is 2. The van der Waals surface area contributed by atoms with E-state index in [0.717, 1.165) is 24.0 Å². The second-order valence-corrected chi connectivity index (χ2v) is 10.4. The van der Waals surface area contributed by atoms with E-state index in [-0.39, 0.29) is 43.2 Å². The first-order chi connectivity index (χ1) is 17.4. The molecule has 7 heteroatoms. The van der Waals surface area contributed by atoms with Gasteiger partial charge in [-0.25, -0.2) is 4.39 Å². The number of benzene rings is 2. The lowest BCUT2D eigenvalue weighted by Crippen LogP contribution is -2.48. The maximum absolute atomic E-state index is 13.7. The first-order valence-electron chi connectivity index (χ1n) is 12.5. The lowest BCUT2D eigenvalue weighted by atomic mass is 10.00. The normalized spacial score (nSPS) is 15.8. The molecule has 1 aliphatic heterocycles. The molecule has 5 nitrogen and oxygen atoms in total. The van der Waals surface area contributed by atoms with Gasteiger partial charge in [-0.2, -0.15) is 0 Å². The number of hydrogen-bond donors (Lipinski definition) is 0. The summed E-state index contributed by atoms with van der Waals surface area (Å²) in [4.78, 5) is 31.7. The van der Waals surface area contributed by atoms with E-state index in [9.17, 15) is 14.0 Å². The van der Waals surface area contributed by atoms with Crippen LogP contribution in [0.1, 0.15) is 42.3 Å². The summed E-state index contributed by atoms with van der Waals surface area (Å²) in [6, 6.07) is 17.3. The highest BCUT2D eigenvalue weighted by Gasteiger charge is 2.33. The van der Waals surface area contributed by atoms with Crippen LogP contribution in [0.4, 0.5) is 4.39 Å². The SMILES string of the molecule is CCC(C)CN(CC(=O)N1CCc2sccc2C1COc1ccc(F)cc1)C(=O)Cc1ccccc1. The van der Waals surface area contributed by atoms with Gasteiger partial charge in [0.15, 0.2) is 0 Å². The van der Waals surface area contributed by atoms with Crippen molar-refractivity contribution in [2.45, 2.75) is 39.2 Å². The molecule has 36 heavy (non-hydrogen) atoms. The van der Waals surface area contributed by atoms with Crippen molar-refractivity contribution in [2.75, 3.05) is 26.2 Å². The van der Waals surface area contributed by atoms with Crippen LogP contribution in [0.25, 0.3) is 0 Å². The smallest absolute Gasteiger partial charge is 0.242 e. The van der Waals surface area contributed by atoms with Crippen LogP contribution in [-0.2, 0) is 22.4 Å². The van der Waals surface area contributed by atoms with E-state index >= 15 is 0 Å². The fourth-order valence-electron chi connectivity index (χ4n) is 4.48. The Morgan fingerprint density at radius 3 is 2.61 bits per heavy atom. The number of amides is 2. The Hall–Kier alpha value is -3.19. The van der Waals surface area contributed by atoms with Crippen LogP contribution in [0.2, 0.25) is 0 Å². The molecule has 0 spiro atoms. The molecule has 2 atom stereocenters. The summed E-state index contributed by atoms with van der Waals surface area (Å²) in [7, 11) is 0. The first kappa shape index (κ1) is 25.9. The molecule has 0 fully saturated rings. The molecular weight excluding hydrogens is 475 g/mol. The van der Waals surface area contributed by atoms with Gasteiger partial charge in [-0.3, -0.25) is 9.59 Å². The van der Waals surface area contributed by atoms with Crippen LogP contribution in [-0.4, -0.2) is 47.9 Å². The van der Waals surface area contributed by atoms with Crippen molar-refractivity contribution >= 4 is 23.2 Å². The highest BCUT2D eigenvalue weighted by atomic mass is 32.1. The van der Waals surface area contributed by atoms with Crippen molar-refractivity contribution in [2.24, 2.45) is 5.92 Å². The molecule has 0 aliphatic carbocycles. The molecule has 2 aromatic carbocycles. The van der Waals surface area contributed by atoms with Crippen molar-refractivity contribution in [3.05, 3.63) is 87.9 Å². The number of ether oxygens (including phenoxy) is 1. The Bertz CT molecular complexity index is 1150. The van der Waals surface area contributed by atoms with Gasteiger partial charge in [0, 0.05) is 18.0 Å². The molecule has 0 N–H and O–H groups in total. The highest BCUT2D eigenvalue weighted by Crippen LogP contribution is 2.34. The Labute approximate surface area is 216 Å². The molecule has 0 bridgehead atoms. The average molecular weight is 509 g/mol. The highest BCUT2D eigenvalue weighted by molar-refractivity contribution is 7.10. The van der Waals surface area contributed by atoms with E-state index in [2.05, 4.69) is 19.9 Å². The predicted molar refractivity (Wildman–Crippen MR) is 141 cm³/mol. The van der Waals surface area contributed by atoms with E-state index in [1.54, 1.807) is 28.4 Å². The molecule has 2 amide bonds. The number of rotatable bonds is 10. The lowest BCUT2D eigenvalue weighted by molar-refractivity contribution is -0.143. The number of hydrogen-bond acceptors (Lipinski definition) is 4. The maximum atomic E-state index is 13.7. The standard InChI is InChI=1S/C29H33FN2O3S/c1-3-21(2)18-31(28(33)17-22-7-5-4-6-8-22)19-29(34)32-15-13-27-25(14-16-36-27)26(32)20-35-24-11-9-23(30)10-12-24/h4-12,14,16,21,26H,3,13,15,17-20H2,1-2H3. The number of fused-ring (bicyclic) bond motifs is 1. The second kappa shape index (κ2) is 12.2. The second-order valence-electron chi connectivity index (χ2n) is 9.37. The third-order valence-electron chi connectivity index (χ3n) is 6.74. The Morgan fingerprint density at radius 2 is 1.89 bits per heavy atom. The van der Waals surface area contributed by atoms with E-state index in [1.165, 1.54) is 17.0 Å². The third kappa shape index (κ3) is 6.52. The van der Waals surface area contributed by atoms with Crippen LogP contribution in [0.3, 0.4) is 0 Å². The van der Waals surface area contributed by atoms with Gasteiger partial charge in [0.25, 0.3) is 0 Å². The fourth-order valence-corrected chi connectivity index (χ4v) is 5.41. The van der Waals surface area contributed by atoms with Gasteiger partial charge in [0.05, 0.1) is 19.0 Å². The zero-order valence-electron chi connectivity index (χ0n) is 20.9. The fraction of sp³-hybridized carbons (Fsp3) is 0.379. The van der Waals surface area contributed by atoms with Crippen LogP contribution >= 0.6 is 11.3 Å². The molecule has 0 radical (unpaired) electrons. The number of halogens is 1. The van der Waals surface area contributed by atoms with Crippen LogP contribution in [0.5, 0.6) is 5.75 Å². The Morgan fingerprint density at radius 1 is 1.14 bits per heavy atom. The van der Waals surface area contributed by atoms with E-state index < -0.39 is 0 Å². The topological polar surface area (TPSA) is 49.9 Å². The molecule has 0 saturated heterocycles. The summed E-state index contributed by atoms with van der Waals surface area (Å²) in [5.41, 5.74) is 2.03. The summed E-state index contributed by atoms with van der Waals surface area (Å²) >= 11 is 1.69. The molecule has 3 aromatic rings. The molecule has 0 saturated carbocycles. The van der Waals surface area contributed by atoms with Gasteiger partial charge >= 0.3 is 0 Å². The zero-order valence-corrected chi connectivity index (χ0v) is 21.7. The quantitative estimate of drug-likeness (QED) is 0.363. The molecule has 2 heterocycles. The van der Waals surface area contributed by atoms with Crippen LogP contribution < -0.4 is 4.74 Å². The maximum Gasteiger partial charge on any atom is 0.242 e. The Balaban J connectivity index is 1.50. The number of nitrogens with zero attached hydrogens (tertiary/aromatic N) is 2. The van der Waals surface area contributed by atoms with Crippen molar-refractivity contribution in [1.29, 1.82) is 0 Å². The van der Waals surface area contributed by atoms with Gasteiger partial charge in [0.2, 0.25) is 11.8 Å². The number of thiophene rings is 1. The van der Waals surface area contributed by atoms with E-state index in [0.29, 0.717) is 24.8 Å². The summed E-state index contributed by atoms with van der Waals surface area (Å²) < 4.78 is 19.3. The van der Waals surface area contributed by atoms with E-state index in [4.69, 9.17) is 4.74 Å². The van der Waals surface area contributed by atoms with Crippen molar-refractivity contribution < 1.29 is 18.7 Å². The summed E-state index contributed by atoms with van der Waals surface area (Å²) in [5.74, 6) is 0.410. The summed E-state index contributed by atoms with van der Waals surface area (Å²) in [5, 5.41) is 2.04. The zero-order chi connectivity index (χ0) is 25.5. The molecule has 4 rings (SSSR count). The summed E-state index contributed by atoms with van der Waals surface area (Å²) in [6.45, 7) is 5.63. The average Bonchev–Trinajstić information content (AvgIpc) is 3.37. The minimum atomic E-state index is -0.321. The van der Waals surface area contributed by atoms with Crippen molar-refractivity contribution in [1.82, 2.24) is 9.80 Å². The van der Waals surface area contributed by atoms with Crippen molar-refractivity contribution in [3.63, 3.8) is 0 Å². The van der Waals surface area contributed by atoms with Gasteiger partial charge in [-0.05, 0) is 59.2 Å². The van der Waals surface area contributed by atoms with Gasteiger partial charge in [-0.1, -0.05) is 50.6 Å². The molecule has 1 aliphatic rings. The van der Waals surface area contributed by atoms with Crippen molar-refractivity contribution in [3.8, 4) is 5.75 Å². The largest absolute Gasteiger partial charge is 0.491 e. The lowest BCUT2D eigenvalue weighted by Gasteiger charge is -2.37. The third-order valence-corrected chi connectivity index (χ3v) is 7.74. The molecule has 2 unspecified atom stereocenters. The monoisotopic (exact) mass is 508 g/mol. The Kier molecular flexibility index (Phi) is 8.75. The van der Waals surface area contributed by atoms with Gasteiger partial charge < -0.3 is 14.5 Å². The van der Waals surface area contributed by atoms with Crippen LogP contribution in [0.15, 0.2) is 66.0 Å². The summed E-state index contributed by atoms with van der Waals surface area (Å²) in [6.07, 6.45) is 1.99. The van der Waals surface area contributed by atoms with E-state index in [1.807, 2.05) is 40.6 Å². The van der Waals surface area contributed by atoms with Gasteiger partial charge in [-0.15, -0.1) is 11.3 Å². The molecular formula is C29H33FN2O3S. The number of carbonyl (C=O) groups excluding carboxylic acids is 2.